The van der Waals surface area contributed by atoms with Gasteiger partial charge in [0.05, 0.1) is 12.0 Å². The number of sulfonamides is 1. The Hall–Kier alpha value is -2.19. The molecule has 1 fully saturated rings. The third-order valence-electron chi connectivity index (χ3n) is 5.31. The average Bonchev–Trinajstić information content (AvgIpc) is 2.73. The van der Waals surface area contributed by atoms with Crippen molar-refractivity contribution in [2.75, 3.05) is 38.2 Å². The maximum Gasteiger partial charge on any atom is 0.243 e. The molecule has 1 saturated heterocycles. The van der Waals surface area contributed by atoms with Crippen LogP contribution in [-0.2, 0) is 22.9 Å². The lowest BCUT2D eigenvalue weighted by molar-refractivity contribution is 0.377. The van der Waals surface area contributed by atoms with Gasteiger partial charge in [-0.05, 0) is 48.9 Å². The lowest BCUT2D eigenvalue weighted by Gasteiger charge is -2.34. The molecule has 0 atom stereocenters. The molecule has 0 bridgehead atoms. The van der Waals surface area contributed by atoms with Crippen LogP contribution in [0.2, 0.25) is 0 Å². The molecule has 27 heavy (non-hydrogen) atoms. The summed E-state index contributed by atoms with van der Waals surface area (Å²) in [5, 5.41) is 0. The molecule has 1 aliphatic heterocycles. The van der Waals surface area contributed by atoms with Crippen molar-refractivity contribution < 1.29 is 13.2 Å². The van der Waals surface area contributed by atoms with Gasteiger partial charge in [0.1, 0.15) is 0 Å². The Morgan fingerprint density at radius 2 is 1.74 bits per heavy atom. The molecular weight excluding hydrogens is 364 g/mol. The van der Waals surface area contributed by atoms with Crippen molar-refractivity contribution in [3.05, 3.63) is 41.6 Å². The fourth-order valence-electron chi connectivity index (χ4n) is 3.75. The van der Waals surface area contributed by atoms with Crippen molar-refractivity contribution >= 4 is 16.0 Å². The Bertz CT molecular complexity index is 924. The topological polar surface area (TPSA) is 75.6 Å². The predicted molar refractivity (Wildman–Crippen MR) is 103 cm³/mol. The molecule has 1 aromatic heterocycles. The highest BCUT2D eigenvalue weighted by atomic mass is 32.2. The Morgan fingerprint density at radius 3 is 2.48 bits per heavy atom. The van der Waals surface area contributed by atoms with E-state index in [9.17, 15) is 8.42 Å². The molecule has 4 rings (SSSR count). The molecule has 0 saturated carbocycles. The van der Waals surface area contributed by atoms with Gasteiger partial charge in [-0.25, -0.2) is 13.4 Å². The van der Waals surface area contributed by atoms with Gasteiger partial charge in [-0.15, -0.1) is 0 Å². The summed E-state index contributed by atoms with van der Waals surface area (Å²) in [6.07, 6.45) is 6.00. The monoisotopic (exact) mass is 388 g/mol. The number of piperazine rings is 1. The second-order valence-corrected chi connectivity index (χ2v) is 8.87. The summed E-state index contributed by atoms with van der Waals surface area (Å²) in [5.41, 5.74) is 2.48. The quantitative estimate of drug-likeness (QED) is 0.796. The summed E-state index contributed by atoms with van der Waals surface area (Å²) in [5.74, 6) is 1.07. The van der Waals surface area contributed by atoms with Crippen molar-refractivity contribution in [3.63, 3.8) is 0 Å². The standard InChI is InChI=1S/C19H24N4O3S/c1-26-18-8-9-20-19(21-18)22-10-12-23(13-11-22)27(24,25)17-7-6-15-4-2-3-5-16(15)14-17/h6-9,14H,2-5,10-13H2,1H3. The number of nitrogens with zero attached hydrogens (tertiary/aromatic N) is 4. The summed E-state index contributed by atoms with van der Waals surface area (Å²) < 4.78 is 32.8. The van der Waals surface area contributed by atoms with Gasteiger partial charge in [0.15, 0.2) is 0 Å². The maximum atomic E-state index is 13.1. The van der Waals surface area contributed by atoms with E-state index in [2.05, 4.69) is 9.97 Å². The van der Waals surface area contributed by atoms with E-state index in [0.717, 1.165) is 19.3 Å². The van der Waals surface area contributed by atoms with Gasteiger partial charge in [-0.2, -0.15) is 9.29 Å². The first-order chi connectivity index (χ1) is 13.1. The van der Waals surface area contributed by atoms with Crippen LogP contribution >= 0.6 is 0 Å². The summed E-state index contributed by atoms with van der Waals surface area (Å²) >= 11 is 0. The number of hydrogen-bond acceptors (Lipinski definition) is 6. The van der Waals surface area contributed by atoms with E-state index in [0.29, 0.717) is 42.9 Å². The number of anilines is 1. The van der Waals surface area contributed by atoms with E-state index in [1.807, 2.05) is 17.0 Å². The largest absolute Gasteiger partial charge is 0.481 e. The molecular formula is C19H24N4O3S. The third kappa shape index (κ3) is 3.64. The zero-order valence-corrected chi connectivity index (χ0v) is 16.3. The summed E-state index contributed by atoms with van der Waals surface area (Å²) in [7, 11) is -1.91. The first-order valence-corrected chi connectivity index (χ1v) is 10.8. The van der Waals surface area contributed by atoms with Gasteiger partial charge in [-0.1, -0.05) is 6.07 Å². The molecule has 2 aromatic rings. The van der Waals surface area contributed by atoms with E-state index >= 15 is 0 Å². The summed E-state index contributed by atoms with van der Waals surface area (Å²) in [6.45, 7) is 1.94. The molecule has 8 heteroatoms. The van der Waals surface area contributed by atoms with Crippen LogP contribution in [0.1, 0.15) is 24.0 Å². The van der Waals surface area contributed by atoms with Crippen LogP contribution in [0.25, 0.3) is 0 Å². The lowest BCUT2D eigenvalue weighted by Crippen LogP contribution is -2.49. The van der Waals surface area contributed by atoms with E-state index < -0.39 is 10.0 Å². The molecule has 2 heterocycles. The minimum absolute atomic E-state index is 0.411. The van der Waals surface area contributed by atoms with Crippen LogP contribution in [0.5, 0.6) is 5.88 Å². The second-order valence-electron chi connectivity index (χ2n) is 6.93. The van der Waals surface area contributed by atoms with Crippen LogP contribution < -0.4 is 9.64 Å². The van der Waals surface area contributed by atoms with Gasteiger partial charge in [0.2, 0.25) is 21.9 Å². The Balaban J connectivity index is 1.48. The SMILES string of the molecule is COc1ccnc(N2CCN(S(=O)(=O)c3ccc4c(c3)CCCC4)CC2)n1. The van der Waals surface area contributed by atoms with Crippen LogP contribution in [-0.4, -0.2) is 56.0 Å². The number of fused-ring (bicyclic) bond motifs is 1. The number of aryl methyl sites for hydroxylation is 2. The normalized spacial score (nSPS) is 18.2. The van der Waals surface area contributed by atoms with E-state index in [-0.39, 0.29) is 0 Å². The molecule has 0 amide bonds. The fourth-order valence-corrected chi connectivity index (χ4v) is 5.22. The molecule has 7 nitrogen and oxygen atoms in total. The highest BCUT2D eigenvalue weighted by Gasteiger charge is 2.30. The molecule has 2 aliphatic rings. The summed E-state index contributed by atoms with van der Waals surface area (Å²) in [4.78, 5) is 11.0. The highest BCUT2D eigenvalue weighted by Crippen LogP contribution is 2.26. The fraction of sp³-hybridized carbons (Fsp3) is 0.474. The molecule has 0 spiro atoms. The molecule has 0 N–H and O–H groups in total. The van der Waals surface area contributed by atoms with Gasteiger partial charge in [-0.3, -0.25) is 0 Å². The molecule has 1 aromatic carbocycles. The van der Waals surface area contributed by atoms with Crippen LogP contribution in [0.15, 0.2) is 35.4 Å². The molecule has 0 radical (unpaired) electrons. The van der Waals surface area contributed by atoms with Gasteiger partial charge >= 0.3 is 0 Å². The lowest BCUT2D eigenvalue weighted by atomic mass is 9.92. The number of rotatable bonds is 4. The predicted octanol–water partition coefficient (Wildman–Crippen LogP) is 1.87. The molecule has 0 unspecified atom stereocenters. The van der Waals surface area contributed by atoms with Crippen molar-refractivity contribution in [1.29, 1.82) is 0 Å². The van der Waals surface area contributed by atoms with Crippen LogP contribution in [0.3, 0.4) is 0 Å². The van der Waals surface area contributed by atoms with E-state index in [1.165, 1.54) is 17.5 Å². The minimum atomic E-state index is -3.47. The van der Waals surface area contributed by atoms with Crippen LogP contribution in [0, 0.1) is 0 Å². The second kappa shape index (κ2) is 7.44. The zero-order chi connectivity index (χ0) is 18.9. The van der Waals surface area contributed by atoms with Gasteiger partial charge < -0.3 is 9.64 Å². The number of benzene rings is 1. The highest BCUT2D eigenvalue weighted by molar-refractivity contribution is 7.89. The Morgan fingerprint density at radius 1 is 1.00 bits per heavy atom. The first-order valence-electron chi connectivity index (χ1n) is 9.32. The van der Waals surface area contributed by atoms with E-state index in [4.69, 9.17) is 4.74 Å². The van der Waals surface area contributed by atoms with Crippen LogP contribution in [0.4, 0.5) is 5.95 Å². The Kier molecular flexibility index (Phi) is 5.01. The number of methoxy groups -OCH3 is 1. The number of hydrogen-bond donors (Lipinski definition) is 0. The average molecular weight is 388 g/mol. The molecule has 1 aliphatic carbocycles. The van der Waals surface area contributed by atoms with Crippen molar-refractivity contribution in [1.82, 2.24) is 14.3 Å². The van der Waals surface area contributed by atoms with Crippen molar-refractivity contribution in [2.24, 2.45) is 0 Å². The maximum absolute atomic E-state index is 13.1. The number of ether oxygens (including phenoxy) is 1. The molecule has 144 valence electrons. The van der Waals surface area contributed by atoms with Crippen molar-refractivity contribution in [3.8, 4) is 5.88 Å². The van der Waals surface area contributed by atoms with E-state index in [1.54, 1.807) is 29.7 Å². The smallest absolute Gasteiger partial charge is 0.243 e. The van der Waals surface area contributed by atoms with Gasteiger partial charge in [0, 0.05) is 38.4 Å². The third-order valence-corrected chi connectivity index (χ3v) is 7.20. The Labute approximate surface area is 160 Å². The minimum Gasteiger partial charge on any atom is -0.481 e. The van der Waals surface area contributed by atoms with Crippen molar-refractivity contribution in [2.45, 2.75) is 30.6 Å². The summed E-state index contributed by atoms with van der Waals surface area (Å²) in [6, 6.07) is 7.32. The van der Waals surface area contributed by atoms with Gasteiger partial charge in [0.25, 0.3) is 0 Å². The first kappa shape index (κ1) is 18.2. The number of aromatic nitrogens is 2. The zero-order valence-electron chi connectivity index (χ0n) is 15.5.